The van der Waals surface area contributed by atoms with Crippen molar-refractivity contribution in [1.29, 1.82) is 0 Å². The molecule has 1 unspecified atom stereocenters. The van der Waals surface area contributed by atoms with Crippen LogP contribution in [0.25, 0.3) is 0 Å². The van der Waals surface area contributed by atoms with Gasteiger partial charge >= 0.3 is 0 Å². The number of carbonyl (C=O) groups excluding carboxylic acids is 1. The van der Waals surface area contributed by atoms with E-state index in [1.807, 2.05) is 0 Å². The average Bonchev–Trinajstić information content (AvgIpc) is 2.39. The fourth-order valence-corrected chi connectivity index (χ4v) is 2.38. The van der Waals surface area contributed by atoms with Gasteiger partial charge in [-0.2, -0.15) is 0 Å². The zero-order valence-corrected chi connectivity index (χ0v) is 11.1. The first kappa shape index (κ1) is 14.6. The minimum absolute atomic E-state index is 0.240. The number of methoxy groups -OCH3 is 2. The SMILES string of the molecule is COCC(Sc1cc(OC)ccc1N)C(=O)NN. The van der Waals surface area contributed by atoms with Gasteiger partial charge in [0.05, 0.1) is 13.7 Å². The van der Waals surface area contributed by atoms with Gasteiger partial charge in [-0.15, -0.1) is 11.8 Å². The van der Waals surface area contributed by atoms with Crippen LogP contribution < -0.4 is 21.7 Å². The summed E-state index contributed by atoms with van der Waals surface area (Å²) >= 11 is 1.28. The number of nitrogens with one attached hydrogen (secondary N) is 1. The van der Waals surface area contributed by atoms with Crippen molar-refractivity contribution in [2.24, 2.45) is 5.84 Å². The maximum atomic E-state index is 11.6. The molecule has 0 saturated carbocycles. The Morgan fingerprint density at radius 3 is 2.78 bits per heavy atom. The standard InChI is InChI=1S/C11H17N3O3S/c1-16-6-10(11(15)14-13)18-9-5-7(17-2)3-4-8(9)12/h3-5,10H,6,12-13H2,1-2H3,(H,14,15). The van der Waals surface area contributed by atoms with E-state index in [0.29, 0.717) is 11.4 Å². The molecule has 1 aromatic rings. The first-order chi connectivity index (χ1) is 8.62. The molecule has 5 N–H and O–H groups in total. The number of ether oxygens (including phenoxy) is 2. The molecule has 6 nitrogen and oxygen atoms in total. The molecule has 18 heavy (non-hydrogen) atoms. The summed E-state index contributed by atoms with van der Waals surface area (Å²) in [5, 5.41) is -0.464. The number of carbonyl (C=O) groups is 1. The molecule has 0 spiro atoms. The highest BCUT2D eigenvalue weighted by atomic mass is 32.2. The Hall–Kier alpha value is -1.44. The van der Waals surface area contributed by atoms with E-state index in [1.165, 1.54) is 18.9 Å². The van der Waals surface area contributed by atoms with E-state index in [0.717, 1.165) is 4.90 Å². The lowest BCUT2D eigenvalue weighted by atomic mass is 10.3. The lowest BCUT2D eigenvalue weighted by Crippen LogP contribution is -2.39. The van der Waals surface area contributed by atoms with Crippen molar-refractivity contribution in [3.63, 3.8) is 0 Å². The normalized spacial score (nSPS) is 11.9. The molecule has 0 heterocycles. The molecular formula is C11H17N3O3S. The van der Waals surface area contributed by atoms with Gasteiger partial charge in [-0.3, -0.25) is 10.2 Å². The number of benzene rings is 1. The number of nitrogens with two attached hydrogens (primary N) is 2. The van der Waals surface area contributed by atoms with Gasteiger partial charge in [0.25, 0.3) is 0 Å². The second-order valence-electron chi connectivity index (χ2n) is 3.47. The van der Waals surface area contributed by atoms with Crippen molar-refractivity contribution in [3.8, 4) is 5.75 Å². The third-order valence-electron chi connectivity index (χ3n) is 2.24. The molecule has 0 radical (unpaired) electrons. The Morgan fingerprint density at radius 1 is 1.50 bits per heavy atom. The van der Waals surface area contributed by atoms with Crippen molar-refractivity contribution in [3.05, 3.63) is 18.2 Å². The molecule has 0 saturated heterocycles. The number of thioether (sulfide) groups is 1. The summed E-state index contributed by atoms with van der Waals surface area (Å²) in [6.07, 6.45) is 0. The zero-order chi connectivity index (χ0) is 13.5. The van der Waals surface area contributed by atoms with E-state index in [9.17, 15) is 4.79 Å². The second-order valence-corrected chi connectivity index (χ2v) is 4.72. The fraction of sp³-hybridized carbons (Fsp3) is 0.364. The Kier molecular flexibility index (Phi) is 5.76. The van der Waals surface area contributed by atoms with E-state index in [-0.39, 0.29) is 12.5 Å². The highest BCUT2D eigenvalue weighted by Crippen LogP contribution is 2.32. The van der Waals surface area contributed by atoms with Crippen LogP contribution in [0.15, 0.2) is 23.1 Å². The Morgan fingerprint density at radius 2 is 2.22 bits per heavy atom. The largest absolute Gasteiger partial charge is 0.497 e. The van der Waals surface area contributed by atoms with Crippen LogP contribution in [0, 0.1) is 0 Å². The summed E-state index contributed by atoms with van der Waals surface area (Å²) < 4.78 is 10.1. The number of anilines is 1. The second kappa shape index (κ2) is 7.10. The van der Waals surface area contributed by atoms with Crippen molar-refractivity contribution >= 4 is 23.4 Å². The van der Waals surface area contributed by atoms with Crippen LogP contribution in [-0.4, -0.2) is 32.0 Å². The van der Waals surface area contributed by atoms with Crippen molar-refractivity contribution < 1.29 is 14.3 Å². The number of hydrogen-bond donors (Lipinski definition) is 3. The summed E-state index contributed by atoms with van der Waals surface area (Å²) in [6, 6.07) is 5.26. The Balaban J connectivity index is 2.88. The maximum Gasteiger partial charge on any atom is 0.249 e. The number of amides is 1. The number of nitrogen functional groups attached to an aromatic ring is 1. The molecule has 1 atom stereocenters. The average molecular weight is 271 g/mol. The Bertz CT molecular complexity index is 415. The lowest BCUT2D eigenvalue weighted by molar-refractivity contribution is -0.121. The maximum absolute atomic E-state index is 11.6. The van der Waals surface area contributed by atoms with Gasteiger partial charge in [-0.05, 0) is 18.2 Å². The minimum atomic E-state index is -0.464. The quantitative estimate of drug-likeness (QED) is 0.227. The molecule has 0 aromatic heterocycles. The van der Waals surface area contributed by atoms with Crippen molar-refractivity contribution in [2.75, 3.05) is 26.6 Å². The zero-order valence-electron chi connectivity index (χ0n) is 10.3. The highest BCUT2D eigenvalue weighted by Gasteiger charge is 2.20. The van der Waals surface area contributed by atoms with Crippen LogP contribution in [0.2, 0.25) is 0 Å². The van der Waals surface area contributed by atoms with Gasteiger partial charge in [0.15, 0.2) is 0 Å². The van der Waals surface area contributed by atoms with Crippen LogP contribution >= 0.6 is 11.8 Å². The van der Waals surface area contributed by atoms with Crippen molar-refractivity contribution in [2.45, 2.75) is 10.1 Å². The minimum Gasteiger partial charge on any atom is -0.497 e. The van der Waals surface area contributed by atoms with E-state index < -0.39 is 5.25 Å². The van der Waals surface area contributed by atoms with Crippen LogP contribution in [0.3, 0.4) is 0 Å². The van der Waals surface area contributed by atoms with Crippen LogP contribution in [0.5, 0.6) is 5.75 Å². The molecule has 1 aromatic carbocycles. The smallest absolute Gasteiger partial charge is 0.249 e. The van der Waals surface area contributed by atoms with Gasteiger partial charge in [0.2, 0.25) is 5.91 Å². The van der Waals surface area contributed by atoms with Crippen molar-refractivity contribution in [1.82, 2.24) is 5.43 Å². The summed E-state index contributed by atoms with van der Waals surface area (Å²) in [4.78, 5) is 12.3. The predicted octanol–water partition coefficient (Wildman–Crippen LogP) is 0.374. The molecule has 1 amide bonds. The highest BCUT2D eigenvalue weighted by molar-refractivity contribution is 8.00. The van der Waals surface area contributed by atoms with Gasteiger partial charge in [0, 0.05) is 17.7 Å². The van der Waals surface area contributed by atoms with E-state index in [4.69, 9.17) is 21.1 Å². The van der Waals surface area contributed by atoms with Gasteiger partial charge in [-0.1, -0.05) is 0 Å². The molecule has 100 valence electrons. The summed E-state index contributed by atoms with van der Waals surface area (Å²) in [6.45, 7) is 0.240. The van der Waals surface area contributed by atoms with Gasteiger partial charge < -0.3 is 15.2 Å². The topological polar surface area (TPSA) is 99.6 Å². The first-order valence-electron chi connectivity index (χ1n) is 5.22. The predicted molar refractivity (Wildman–Crippen MR) is 71.3 cm³/mol. The molecule has 7 heteroatoms. The molecule has 0 fully saturated rings. The lowest BCUT2D eigenvalue weighted by Gasteiger charge is -2.15. The molecule has 0 aliphatic rings. The van der Waals surface area contributed by atoms with E-state index in [2.05, 4.69) is 5.43 Å². The summed E-state index contributed by atoms with van der Waals surface area (Å²) in [7, 11) is 3.09. The first-order valence-corrected chi connectivity index (χ1v) is 6.10. The van der Waals surface area contributed by atoms with E-state index >= 15 is 0 Å². The number of hydrazine groups is 1. The summed E-state index contributed by atoms with van der Waals surface area (Å²) in [5.41, 5.74) is 8.53. The fourth-order valence-electron chi connectivity index (χ4n) is 1.30. The van der Waals surface area contributed by atoms with Gasteiger partial charge in [0.1, 0.15) is 11.0 Å². The monoisotopic (exact) mass is 271 g/mol. The Labute approximate surface area is 110 Å². The van der Waals surface area contributed by atoms with Crippen LogP contribution in [0.4, 0.5) is 5.69 Å². The number of rotatable bonds is 6. The third-order valence-corrected chi connectivity index (χ3v) is 3.48. The van der Waals surface area contributed by atoms with Crippen LogP contribution in [0.1, 0.15) is 0 Å². The molecule has 0 aliphatic carbocycles. The molecule has 0 aliphatic heterocycles. The molecular weight excluding hydrogens is 254 g/mol. The third kappa shape index (κ3) is 3.80. The van der Waals surface area contributed by atoms with Gasteiger partial charge in [-0.25, -0.2) is 5.84 Å². The summed E-state index contributed by atoms with van der Waals surface area (Å²) in [5.74, 6) is 5.49. The van der Waals surface area contributed by atoms with Crippen LogP contribution in [-0.2, 0) is 9.53 Å². The number of hydrogen-bond acceptors (Lipinski definition) is 6. The molecule has 0 bridgehead atoms. The molecule has 1 rings (SSSR count). The van der Waals surface area contributed by atoms with E-state index in [1.54, 1.807) is 25.3 Å².